The van der Waals surface area contributed by atoms with E-state index >= 15 is 0 Å². The largest absolute Gasteiger partial charge is 0.508 e. The van der Waals surface area contributed by atoms with Crippen LogP contribution in [0.15, 0.2) is 48.8 Å². The molecule has 1 aliphatic heterocycles. The molecule has 0 fully saturated rings. The van der Waals surface area contributed by atoms with E-state index < -0.39 is 0 Å². The lowest BCUT2D eigenvalue weighted by atomic mass is 9.97. The monoisotopic (exact) mass is 335 g/mol. The number of pyridine rings is 1. The Hall–Kier alpha value is -3.22. The van der Waals surface area contributed by atoms with E-state index in [9.17, 15) is 9.90 Å². The summed E-state index contributed by atoms with van der Waals surface area (Å²) in [4.78, 5) is 20.6. The summed E-state index contributed by atoms with van der Waals surface area (Å²) in [7, 11) is 0. The van der Waals surface area contributed by atoms with Crippen LogP contribution in [-0.4, -0.2) is 30.8 Å². The minimum Gasteiger partial charge on any atom is -0.508 e. The van der Waals surface area contributed by atoms with Gasteiger partial charge in [-0.25, -0.2) is 4.68 Å². The van der Waals surface area contributed by atoms with Gasteiger partial charge in [-0.2, -0.15) is 4.98 Å². The van der Waals surface area contributed by atoms with Crippen LogP contribution in [0.1, 0.15) is 40.6 Å². The molecule has 126 valence electrons. The lowest BCUT2D eigenvalue weighted by Gasteiger charge is -2.24. The Morgan fingerprint density at radius 3 is 2.80 bits per heavy atom. The maximum atomic E-state index is 12.3. The van der Waals surface area contributed by atoms with Crippen LogP contribution in [0.4, 0.5) is 5.95 Å². The van der Waals surface area contributed by atoms with Crippen molar-refractivity contribution in [3.05, 3.63) is 65.7 Å². The number of phenolic OH excluding ortho intramolecular Hbond substituents is 1. The normalized spacial score (nSPS) is 16.2. The van der Waals surface area contributed by atoms with Gasteiger partial charge < -0.3 is 5.11 Å². The van der Waals surface area contributed by atoms with Crippen molar-refractivity contribution in [3.63, 3.8) is 0 Å². The van der Waals surface area contributed by atoms with Crippen LogP contribution < -0.4 is 5.32 Å². The van der Waals surface area contributed by atoms with E-state index in [1.165, 1.54) is 0 Å². The van der Waals surface area contributed by atoms with Crippen molar-refractivity contribution in [2.24, 2.45) is 0 Å². The molecule has 0 radical (unpaired) electrons. The van der Waals surface area contributed by atoms with Crippen molar-refractivity contribution in [2.75, 3.05) is 5.32 Å². The average Bonchev–Trinajstić information content (AvgIpc) is 3.05. The number of carbonyl (C=O) groups excluding carboxylic acids is 1. The molecule has 3 aromatic rings. The lowest BCUT2D eigenvalue weighted by Crippen LogP contribution is -2.20. The third kappa shape index (κ3) is 2.96. The molecule has 0 bridgehead atoms. The molecule has 2 N–H and O–H groups in total. The fourth-order valence-corrected chi connectivity index (χ4v) is 3.14. The number of aryl methyl sites for hydroxylation is 1. The van der Waals surface area contributed by atoms with Crippen molar-refractivity contribution < 1.29 is 9.90 Å². The van der Waals surface area contributed by atoms with Crippen LogP contribution in [0.3, 0.4) is 0 Å². The van der Waals surface area contributed by atoms with E-state index in [-0.39, 0.29) is 23.6 Å². The highest BCUT2D eigenvalue weighted by molar-refractivity contribution is 6.03. The summed E-state index contributed by atoms with van der Waals surface area (Å²) in [5, 5.41) is 17.3. The molecule has 4 rings (SSSR count). The quantitative estimate of drug-likeness (QED) is 0.767. The van der Waals surface area contributed by atoms with Crippen LogP contribution in [0.2, 0.25) is 0 Å². The predicted molar refractivity (Wildman–Crippen MR) is 91.4 cm³/mol. The molecule has 25 heavy (non-hydrogen) atoms. The number of amides is 1. The second-order valence-corrected chi connectivity index (χ2v) is 5.95. The van der Waals surface area contributed by atoms with Gasteiger partial charge in [0.1, 0.15) is 11.6 Å². The minimum atomic E-state index is -0.274. The highest BCUT2D eigenvalue weighted by Crippen LogP contribution is 2.34. The van der Waals surface area contributed by atoms with Crippen LogP contribution in [-0.2, 0) is 6.42 Å². The third-order valence-electron chi connectivity index (χ3n) is 4.34. The lowest BCUT2D eigenvalue weighted by molar-refractivity contribution is 0.102. The van der Waals surface area contributed by atoms with Gasteiger partial charge in [0.25, 0.3) is 5.91 Å². The van der Waals surface area contributed by atoms with Gasteiger partial charge in [0.05, 0.1) is 6.04 Å². The molecule has 1 amide bonds. The van der Waals surface area contributed by atoms with Gasteiger partial charge in [0.2, 0.25) is 5.95 Å². The Balaban J connectivity index is 1.62. The number of nitrogens with one attached hydrogen (secondary N) is 1. The first kappa shape index (κ1) is 15.3. The zero-order valence-corrected chi connectivity index (χ0v) is 13.5. The minimum absolute atomic E-state index is 0.0796. The number of para-hydroxylation sites is 1. The van der Waals surface area contributed by atoms with E-state index in [0.717, 1.165) is 30.7 Å². The van der Waals surface area contributed by atoms with Crippen molar-refractivity contribution in [1.29, 1.82) is 0 Å². The van der Waals surface area contributed by atoms with Crippen molar-refractivity contribution in [2.45, 2.75) is 25.3 Å². The number of nitrogens with zero attached hydrogens (tertiary/aromatic N) is 4. The molecule has 0 saturated heterocycles. The highest BCUT2D eigenvalue weighted by Gasteiger charge is 2.26. The second kappa shape index (κ2) is 6.35. The number of hydrogen-bond acceptors (Lipinski definition) is 5. The Morgan fingerprint density at radius 1 is 1.20 bits per heavy atom. The third-order valence-corrected chi connectivity index (χ3v) is 4.34. The first-order valence-electron chi connectivity index (χ1n) is 8.17. The summed E-state index contributed by atoms with van der Waals surface area (Å²) in [5.74, 6) is 1.06. The number of fused-ring (bicyclic) bond motifs is 1. The second-order valence-electron chi connectivity index (χ2n) is 5.95. The van der Waals surface area contributed by atoms with E-state index in [1.807, 2.05) is 12.1 Å². The molecule has 0 saturated carbocycles. The SMILES string of the molecule is O=C(Nc1nc2n(n1)C(c1ccccc1O)CCC2)c1ccncc1. The number of rotatable bonds is 3. The number of anilines is 1. The number of aromatic hydroxyl groups is 1. The molecule has 1 aromatic carbocycles. The fourth-order valence-electron chi connectivity index (χ4n) is 3.14. The van der Waals surface area contributed by atoms with Gasteiger partial charge in [-0.05, 0) is 31.0 Å². The smallest absolute Gasteiger partial charge is 0.258 e. The Bertz CT molecular complexity index is 907. The first-order valence-corrected chi connectivity index (χ1v) is 8.17. The number of carbonyl (C=O) groups is 1. The van der Waals surface area contributed by atoms with Gasteiger partial charge in [-0.1, -0.05) is 18.2 Å². The van der Waals surface area contributed by atoms with Crippen LogP contribution in [0.25, 0.3) is 0 Å². The van der Waals surface area contributed by atoms with Gasteiger partial charge in [-0.3, -0.25) is 15.1 Å². The van der Waals surface area contributed by atoms with E-state index in [4.69, 9.17) is 0 Å². The number of hydrogen-bond donors (Lipinski definition) is 2. The average molecular weight is 335 g/mol. The Morgan fingerprint density at radius 2 is 2.00 bits per heavy atom. The molecule has 0 spiro atoms. The van der Waals surface area contributed by atoms with Crippen molar-refractivity contribution in [1.82, 2.24) is 19.7 Å². The molecule has 3 heterocycles. The van der Waals surface area contributed by atoms with Gasteiger partial charge >= 0.3 is 0 Å². The molecule has 1 atom stereocenters. The van der Waals surface area contributed by atoms with Crippen LogP contribution >= 0.6 is 0 Å². The van der Waals surface area contributed by atoms with E-state index in [0.29, 0.717) is 5.56 Å². The topological polar surface area (TPSA) is 92.9 Å². The molecule has 7 heteroatoms. The molecular weight excluding hydrogens is 318 g/mol. The molecule has 1 unspecified atom stereocenters. The number of phenols is 1. The number of benzene rings is 1. The van der Waals surface area contributed by atoms with Gasteiger partial charge in [0, 0.05) is 29.9 Å². The van der Waals surface area contributed by atoms with Crippen molar-refractivity contribution in [3.8, 4) is 5.75 Å². The van der Waals surface area contributed by atoms with Gasteiger partial charge in [-0.15, -0.1) is 5.10 Å². The van der Waals surface area contributed by atoms with E-state index in [1.54, 1.807) is 41.3 Å². The summed E-state index contributed by atoms with van der Waals surface area (Å²) >= 11 is 0. The molecule has 7 nitrogen and oxygen atoms in total. The Kier molecular flexibility index (Phi) is 3.89. The highest BCUT2D eigenvalue weighted by atomic mass is 16.3. The number of aromatic nitrogens is 4. The van der Waals surface area contributed by atoms with Gasteiger partial charge in [0.15, 0.2) is 0 Å². The maximum Gasteiger partial charge on any atom is 0.258 e. The van der Waals surface area contributed by atoms with Crippen molar-refractivity contribution >= 4 is 11.9 Å². The Labute approximate surface area is 144 Å². The molecule has 0 aliphatic carbocycles. The predicted octanol–water partition coefficient (Wildman–Crippen LogP) is 2.56. The fraction of sp³-hybridized carbons (Fsp3) is 0.222. The van der Waals surface area contributed by atoms with E-state index in [2.05, 4.69) is 20.4 Å². The molecule has 2 aromatic heterocycles. The summed E-state index contributed by atoms with van der Waals surface area (Å²) in [6, 6.07) is 10.4. The van der Waals surface area contributed by atoms with Crippen LogP contribution in [0.5, 0.6) is 5.75 Å². The maximum absolute atomic E-state index is 12.3. The summed E-state index contributed by atoms with van der Waals surface area (Å²) in [6.07, 6.45) is 5.74. The van der Waals surface area contributed by atoms with Crippen LogP contribution in [0, 0.1) is 0 Å². The first-order chi connectivity index (χ1) is 12.2. The summed E-state index contributed by atoms with van der Waals surface area (Å²) in [6.45, 7) is 0. The summed E-state index contributed by atoms with van der Waals surface area (Å²) < 4.78 is 1.81. The standard InChI is InChI=1S/C18H17N5O2/c24-15-6-2-1-4-13(15)14-5-3-7-16-20-18(22-23(14)16)21-17(25)12-8-10-19-11-9-12/h1-2,4,6,8-11,14,24H,3,5,7H2,(H,21,22,25). The molecular formula is C18H17N5O2. The zero-order valence-electron chi connectivity index (χ0n) is 13.5. The summed E-state index contributed by atoms with van der Waals surface area (Å²) in [5.41, 5.74) is 1.32. The molecule has 1 aliphatic rings. The zero-order chi connectivity index (χ0) is 17.2.